The predicted molar refractivity (Wildman–Crippen MR) is 105 cm³/mol. The van der Waals surface area contributed by atoms with Crippen molar-refractivity contribution in [3.05, 3.63) is 29.3 Å². The summed E-state index contributed by atoms with van der Waals surface area (Å²) in [5.74, 6) is 0.757. The first kappa shape index (κ1) is 21.3. The van der Waals surface area contributed by atoms with Crippen LogP contribution in [0.5, 0.6) is 5.75 Å². The van der Waals surface area contributed by atoms with Crippen LogP contribution in [0.25, 0.3) is 0 Å². The maximum absolute atomic E-state index is 11.9. The Morgan fingerprint density at radius 2 is 1.82 bits per heavy atom. The number of nitrogens with one attached hydrogen (secondary N) is 1. The minimum Gasteiger partial charge on any atom is -0.496 e. The summed E-state index contributed by atoms with van der Waals surface area (Å²) in [5.41, 5.74) is 1.27. The van der Waals surface area contributed by atoms with E-state index in [0.717, 1.165) is 11.5 Å². The van der Waals surface area contributed by atoms with E-state index in [1.165, 1.54) is 14.2 Å². The van der Waals surface area contributed by atoms with E-state index in [4.69, 9.17) is 14.2 Å². The van der Waals surface area contributed by atoms with Crippen LogP contribution < -0.4 is 10.1 Å². The fraction of sp³-hybridized carbons (Fsp3) is 0.526. The van der Waals surface area contributed by atoms with Crippen molar-refractivity contribution in [2.75, 3.05) is 54.1 Å². The van der Waals surface area contributed by atoms with Gasteiger partial charge in [0.25, 0.3) is 0 Å². The number of methoxy groups -OCH3 is 2. The van der Waals surface area contributed by atoms with Crippen molar-refractivity contribution in [3.63, 3.8) is 0 Å². The molecule has 2 rings (SSSR count). The zero-order valence-electron chi connectivity index (χ0n) is 16.9. The molecule has 1 aliphatic rings. The number of piperazine rings is 1. The monoisotopic (exact) mass is 392 g/mol. The average Bonchev–Trinajstić information content (AvgIpc) is 2.74. The van der Waals surface area contributed by atoms with E-state index < -0.39 is 5.97 Å². The molecule has 1 amide bonds. The minimum absolute atomic E-state index is 0.279. The lowest BCUT2D eigenvalue weighted by molar-refractivity contribution is 0.0596. The van der Waals surface area contributed by atoms with Gasteiger partial charge in [0.15, 0.2) is 5.96 Å². The van der Waals surface area contributed by atoms with Crippen LogP contribution in [0.15, 0.2) is 23.2 Å². The van der Waals surface area contributed by atoms with Crippen molar-refractivity contribution < 1.29 is 23.8 Å². The third-order valence-corrected chi connectivity index (χ3v) is 4.44. The van der Waals surface area contributed by atoms with Gasteiger partial charge in [-0.05, 0) is 24.6 Å². The van der Waals surface area contributed by atoms with Gasteiger partial charge in [0.1, 0.15) is 11.3 Å². The quantitative estimate of drug-likeness (QED) is 0.459. The minimum atomic E-state index is -0.446. The summed E-state index contributed by atoms with van der Waals surface area (Å²) < 4.78 is 15.1. The maximum atomic E-state index is 11.9. The number of nitrogens with zero attached hydrogens (tertiary/aromatic N) is 3. The van der Waals surface area contributed by atoms with Crippen molar-refractivity contribution in [1.29, 1.82) is 0 Å². The molecule has 1 aromatic rings. The Kier molecular flexibility index (Phi) is 7.91. The number of benzene rings is 1. The van der Waals surface area contributed by atoms with Crippen molar-refractivity contribution in [2.24, 2.45) is 4.99 Å². The average molecular weight is 392 g/mol. The molecule has 1 N–H and O–H groups in total. The highest BCUT2D eigenvalue weighted by Crippen LogP contribution is 2.20. The SMILES string of the molecule is CCOC(=O)N1CCN(C(=NC)NCc2ccc(OC)c(C(=O)OC)c2)CC1. The van der Waals surface area contributed by atoms with E-state index in [9.17, 15) is 9.59 Å². The van der Waals surface area contributed by atoms with Gasteiger partial charge in [-0.25, -0.2) is 9.59 Å². The smallest absolute Gasteiger partial charge is 0.409 e. The Bertz CT molecular complexity index is 714. The van der Waals surface area contributed by atoms with Gasteiger partial charge in [-0.3, -0.25) is 4.99 Å². The van der Waals surface area contributed by atoms with Gasteiger partial charge in [0.05, 0.1) is 20.8 Å². The van der Waals surface area contributed by atoms with Crippen LogP contribution >= 0.6 is 0 Å². The first-order chi connectivity index (χ1) is 13.5. The number of carbonyl (C=O) groups is 2. The summed E-state index contributed by atoms with van der Waals surface area (Å²) >= 11 is 0. The number of hydrogen-bond acceptors (Lipinski definition) is 6. The number of rotatable bonds is 5. The lowest BCUT2D eigenvalue weighted by Crippen LogP contribution is -2.53. The lowest BCUT2D eigenvalue weighted by Gasteiger charge is -2.35. The molecule has 1 aliphatic heterocycles. The molecule has 0 atom stereocenters. The van der Waals surface area contributed by atoms with Gasteiger partial charge in [-0.1, -0.05) is 6.07 Å². The molecule has 1 saturated heterocycles. The van der Waals surface area contributed by atoms with E-state index in [1.807, 2.05) is 6.07 Å². The summed E-state index contributed by atoms with van der Waals surface area (Å²) in [6.07, 6.45) is -0.279. The Hall–Kier alpha value is -2.97. The molecule has 0 aromatic heterocycles. The van der Waals surface area contributed by atoms with Crippen LogP contribution in [0.1, 0.15) is 22.8 Å². The molecule has 0 saturated carbocycles. The fourth-order valence-electron chi connectivity index (χ4n) is 2.96. The van der Waals surface area contributed by atoms with Gasteiger partial charge in [-0.15, -0.1) is 0 Å². The fourth-order valence-corrected chi connectivity index (χ4v) is 2.96. The molecule has 9 nitrogen and oxygen atoms in total. The van der Waals surface area contributed by atoms with E-state index in [-0.39, 0.29) is 6.09 Å². The number of guanidine groups is 1. The highest BCUT2D eigenvalue weighted by Gasteiger charge is 2.23. The third kappa shape index (κ3) is 5.28. The Labute approximate surface area is 165 Å². The zero-order chi connectivity index (χ0) is 20.5. The Morgan fingerprint density at radius 3 is 2.39 bits per heavy atom. The molecule has 0 bridgehead atoms. The van der Waals surface area contributed by atoms with Gasteiger partial charge < -0.3 is 29.3 Å². The molecule has 154 valence electrons. The van der Waals surface area contributed by atoms with Crippen LogP contribution in [-0.2, 0) is 16.0 Å². The largest absolute Gasteiger partial charge is 0.496 e. The van der Waals surface area contributed by atoms with E-state index >= 15 is 0 Å². The van der Waals surface area contributed by atoms with E-state index in [1.54, 1.807) is 31.0 Å². The number of aliphatic imine (C=N–C) groups is 1. The molecule has 0 spiro atoms. The van der Waals surface area contributed by atoms with E-state index in [0.29, 0.717) is 50.6 Å². The summed E-state index contributed by atoms with van der Waals surface area (Å²) in [6, 6.07) is 5.36. The Morgan fingerprint density at radius 1 is 1.14 bits per heavy atom. The molecule has 28 heavy (non-hydrogen) atoms. The van der Waals surface area contributed by atoms with Gasteiger partial charge in [-0.2, -0.15) is 0 Å². The maximum Gasteiger partial charge on any atom is 0.409 e. The predicted octanol–water partition coefficient (Wildman–Crippen LogP) is 1.33. The summed E-state index contributed by atoms with van der Waals surface area (Å²) in [5, 5.41) is 3.29. The highest BCUT2D eigenvalue weighted by molar-refractivity contribution is 5.92. The first-order valence-electron chi connectivity index (χ1n) is 9.16. The molecule has 1 aromatic carbocycles. The van der Waals surface area contributed by atoms with Gasteiger partial charge >= 0.3 is 12.1 Å². The van der Waals surface area contributed by atoms with Crippen LogP contribution in [0.4, 0.5) is 4.79 Å². The molecule has 0 aliphatic carbocycles. The molecular weight excluding hydrogens is 364 g/mol. The second-order valence-corrected chi connectivity index (χ2v) is 6.10. The number of amides is 1. The third-order valence-electron chi connectivity index (χ3n) is 4.44. The standard InChI is InChI=1S/C19H28N4O5/c1-5-28-19(25)23-10-8-22(9-11-23)18(20-2)21-13-14-6-7-16(26-3)15(12-14)17(24)27-4/h6-7,12H,5,8-11,13H2,1-4H3,(H,20,21). The van der Waals surface area contributed by atoms with Crippen LogP contribution in [0, 0.1) is 0 Å². The number of hydrogen-bond donors (Lipinski definition) is 1. The van der Waals surface area contributed by atoms with Crippen molar-refractivity contribution in [1.82, 2.24) is 15.1 Å². The van der Waals surface area contributed by atoms with Crippen LogP contribution in [0.2, 0.25) is 0 Å². The molecule has 9 heteroatoms. The van der Waals surface area contributed by atoms with Crippen LogP contribution in [-0.4, -0.2) is 81.9 Å². The second kappa shape index (κ2) is 10.4. The molecule has 0 unspecified atom stereocenters. The summed E-state index contributed by atoms with van der Waals surface area (Å²) in [7, 11) is 4.57. The lowest BCUT2D eigenvalue weighted by atomic mass is 10.1. The Balaban J connectivity index is 1.96. The zero-order valence-corrected chi connectivity index (χ0v) is 16.9. The van der Waals surface area contributed by atoms with E-state index in [2.05, 4.69) is 15.2 Å². The molecule has 1 heterocycles. The van der Waals surface area contributed by atoms with Crippen LogP contribution in [0.3, 0.4) is 0 Å². The summed E-state index contributed by atoms with van der Waals surface area (Å²) in [4.78, 5) is 31.8. The van der Waals surface area contributed by atoms with Crippen molar-refractivity contribution in [3.8, 4) is 5.75 Å². The number of ether oxygens (including phenoxy) is 3. The summed E-state index contributed by atoms with van der Waals surface area (Å²) in [6.45, 7) is 5.13. The second-order valence-electron chi connectivity index (χ2n) is 6.10. The molecular formula is C19H28N4O5. The van der Waals surface area contributed by atoms with Crippen molar-refractivity contribution in [2.45, 2.75) is 13.5 Å². The number of carbonyl (C=O) groups excluding carboxylic acids is 2. The first-order valence-corrected chi connectivity index (χ1v) is 9.16. The molecule has 1 fully saturated rings. The van der Waals surface area contributed by atoms with Gasteiger partial charge in [0, 0.05) is 39.8 Å². The normalized spacial score (nSPS) is 14.5. The topological polar surface area (TPSA) is 92.7 Å². The van der Waals surface area contributed by atoms with Gasteiger partial charge in [0.2, 0.25) is 0 Å². The number of esters is 1. The highest BCUT2D eigenvalue weighted by atomic mass is 16.6. The molecule has 0 radical (unpaired) electrons. The van der Waals surface area contributed by atoms with Crippen molar-refractivity contribution >= 4 is 18.0 Å².